The van der Waals surface area contributed by atoms with Gasteiger partial charge in [0.15, 0.2) is 0 Å². The van der Waals surface area contributed by atoms with E-state index in [4.69, 9.17) is 5.11 Å². The first-order valence-corrected chi connectivity index (χ1v) is 7.00. The second kappa shape index (κ2) is 5.25. The molecule has 2 heterocycles. The molecule has 2 aliphatic rings. The summed E-state index contributed by atoms with van der Waals surface area (Å²) < 4.78 is 0. The SMILES string of the molecule is O=C(O)c1ccc2c(c1)CN(C(=O)CC1CCCN1)C2. The summed E-state index contributed by atoms with van der Waals surface area (Å²) in [6.07, 6.45) is 2.75. The molecular weight excluding hydrogens is 256 g/mol. The van der Waals surface area contributed by atoms with Crippen LogP contribution in [0.1, 0.15) is 40.7 Å². The third-order valence-corrected chi connectivity index (χ3v) is 4.11. The summed E-state index contributed by atoms with van der Waals surface area (Å²) in [5.41, 5.74) is 2.30. The van der Waals surface area contributed by atoms with E-state index in [0.29, 0.717) is 25.6 Å². The Hall–Kier alpha value is -1.88. The zero-order valence-corrected chi connectivity index (χ0v) is 11.3. The Balaban J connectivity index is 1.66. The molecule has 1 aromatic rings. The van der Waals surface area contributed by atoms with Gasteiger partial charge in [0.05, 0.1) is 5.56 Å². The van der Waals surface area contributed by atoms with Gasteiger partial charge in [-0.25, -0.2) is 4.79 Å². The molecule has 1 amide bonds. The lowest BCUT2D eigenvalue weighted by Gasteiger charge is -2.18. The highest BCUT2D eigenvalue weighted by molar-refractivity contribution is 5.88. The van der Waals surface area contributed by atoms with Crippen LogP contribution in [0.2, 0.25) is 0 Å². The fraction of sp³-hybridized carbons (Fsp3) is 0.467. The van der Waals surface area contributed by atoms with Crippen LogP contribution in [0.3, 0.4) is 0 Å². The van der Waals surface area contributed by atoms with Crippen LogP contribution < -0.4 is 5.32 Å². The number of carbonyl (C=O) groups excluding carboxylic acids is 1. The number of fused-ring (bicyclic) bond motifs is 1. The quantitative estimate of drug-likeness (QED) is 0.873. The first kappa shape index (κ1) is 13.1. The lowest BCUT2D eigenvalue weighted by atomic mass is 10.1. The number of carbonyl (C=O) groups is 2. The zero-order valence-electron chi connectivity index (χ0n) is 11.3. The van der Waals surface area contributed by atoms with Crippen molar-refractivity contribution in [2.45, 2.75) is 38.4 Å². The monoisotopic (exact) mass is 274 g/mol. The van der Waals surface area contributed by atoms with E-state index < -0.39 is 5.97 Å². The van der Waals surface area contributed by atoms with Crippen molar-refractivity contribution >= 4 is 11.9 Å². The van der Waals surface area contributed by atoms with Crippen LogP contribution in [-0.2, 0) is 17.9 Å². The van der Waals surface area contributed by atoms with E-state index in [-0.39, 0.29) is 11.5 Å². The van der Waals surface area contributed by atoms with Gasteiger partial charge in [-0.15, -0.1) is 0 Å². The van der Waals surface area contributed by atoms with E-state index in [1.165, 1.54) is 0 Å². The average Bonchev–Trinajstić information content (AvgIpc) is 3.05. The number of benzene rings is 1. The van der Waals surface area contributed by atoms with E-state index in [1.807, 2.05) is 11.0 Å². The molecule has 5 nitrogen and oxygen atoms in total. The summed E-state index contributed by atoms with van der Waals surface area (Å²) in [4.78, 5) is 25.0. The molecule has 0 aromatic heterocycles. The van der Waals surface area contributed by atoms with Gasteiger partial charge in [-0.3, -0.25) is 4.79 Å². The van der Waals surface area contributed by atoms with Crippen molar-refractivity contribution < 1.29 is 14.7 Å². The summed E-state index contributed by atoms with van der Waals surface area (Å²) >= 11 is 0. The van der Waals surface area contributed by atoms with E-state index in [1.54, 1.807) is 12.1 Å². The first-order chi connectivity index (χ1) is 9.63. The summed E-state index contributed by atoms with van der Waals surface area (Å²) in [5.74, 6) is -0.773. The summed E-state index contributed by atoms with van der Waals surface area (Å²) in [7, 11) is 0. The molecule has 1 unspecified atom stereocenters. The van der Waals surface area contributed by atoms with Crippen LogP contribution in [0.25, 0.3) is 0 Å². The second-order valence-corrected chi connectivity index (χ2v) is 5.54. The van der Waals surface area contributed by atoms with Crippen LogP contribution in [0.15, 0.2) is 18.2 Å². The van der Waals surface area contributed by atoms with Crippen molar-refractivity contribution in [3.63, 3.8) is 0 Å². The fourth-order valence-electron chi connectivity index (χ4n) is 2.97. The minimum atomic E-state index is -0.923. The Bertz CT molecular complexity index is 550. The van der Waals surface area contributed by atoms with Gasteiger partial charge in [-0.05, 0) is 42.6 Å². The summed E-state index contributed by atoms with van der Waals surface area (Å²) in [6.45, 7) is 2.13. The van der Waals surface area contributed by atoms with Gasteiger partial charge in [0.25, 0.3) is 0 Å². The average molecular weight is 274 g/mol. The molecule has 1 fully saturated rings. The second-order valence-electron chi connectivity index (χ2n) is 5.54. The number of nitrogens with zero attached hydrogens (tertiary/aromatic N) is 1. The molecule has 0 aliphatic carbocycles. The molecule has 5 heteroatoms. The zero-order chi connectivity index (χ0) is 14.1. The molecule has 1 aromatic carbocycles. The molecule has 2 aliphatic heterocycles. The number of hydrogen-bond donors (Lipinski definition) is 2. The lowest BCUT2D eigenvalue weighted by Crippen LogP contribution is -2.32. The van der Waals surface area contributed by atoms with Crippen LogP contribution in [-0.4, -0.2) is 34.5 Å². The third-order valence-electron chi connectivity index (χ3n) is 4.11. The molecule has 1 saturated heterocycles. The first-order valence-electron chi connectivity index (χ1n) is 7.00. The van der Waals surface area contributed by atoms with Crippen LogP contribution in [0, 0.1) is 0 Å². The number of carboxylic acids is 1. The Labute approximate surface area is 117 Å². The number of aromatic carboxylic acids is 1. The van der Waals surface area contributed by atoms with Crippen LogP contribution in [0.4, 0.5) is 0 Å². The summed E-state index contributed by atoms with van der Waals surface area (Å²) in [5, 5.41) is 12.3. The van der Waals surface area contributed by atoms with E-state index in [0.717, 1.165) is 30.5 Å². The normalized spacial score (nSPS) is 21.0. The highest BCUT2D eigenvalue weighted by atomic mass is 16.4. The van der Waals surface area contributed by atoms with Crippen LogP contribution >= 0.6 is 0 Å². The van der Waals surface area contributed by atoms with Crippen LogP contribution in [0.5, 0.6) is 0 Å². The van der Waals surface area contributed by atoms with Gasteiger partial charge < -0.3 is 15.3 Å². The van der Waals surface area contributed by atoms with Crippen molar-refractivity contribution in [2.24, 2.45) is 0 Å². The molecule has 0 saturated carbocycles. The molecule has 1 atom stereocenters. The lowest BCUT2D eigenvalue weighted by molar-refractivity contribution is -0.132. The highest BCUT2D eigenvalue weighted by Gasteiger charge is 2.26. The minimum absolute atomic E-state index is 0.150. The maximum atomic E-state index is 12.3. The van der Waals surface area contributed by atoms with Crippen molar-refractivity contribution in [1.82, 2.24) is 10.2 Å². The number of nitrogens with one attached hydrogen (secondary N) is 1. The van der Waals surface area contributed by atoms with Gasteiger partial charge in [-0.2, -0.15) is 0 Å². The van der Waals surface area contributed by atoms with E-state index in [9.17, 15) is 9.59 Å². The predicted octanol–water partition coefficient (Wildman–Crippen LogP) is 1.37. The maximum absolute atomic E-state index is 12.3. The maximum Gasteiger partial charge on any atom is 0.335 e. The smallest absolute Gasteiger partial charge is 0.335 e. The number of hydrogen-bond acceptors (Lipinski definition) is 3. The topological polar surface area (TPSA) is 69.6 Å². The van der Waals surface area contributed by atoms with Gasteiger partial charge in [0.1, 0.15) is 0 Å². The Morgan fingerprint density at radius 2 is 2.10 bits per heavy atom. The highest BCUT2D eigenvalue weighted by Crippen LogP contribution is 2.25. The van der Waals surface area contributed by atoms with E-state index in [2.05, 4.69) is 5.32 Å². The molecule has 2 N–H and O–H groups in total. The molecule has 0 radical (unpaired) electrons. The minimum Gasteiger partial charge on any atom is -0.478 e. The summed E-state index contributed by atoms with van der Waals surface area (Å²) in [6, 6.07) is 5.41. The standard InChI is InChI=1S/C15H18N2O3/c18-14(7-13-2-1-5-16-13)17-8-11-4-3-10(15(19)20)6-12(11)9-17/h3-4,6,13,16H,1-2,5,7-9H2,(H,19,20). The Morgan fingerprint density at radius 1 is 1.30 bits per heavy atom. The van der Waals surface area contributed by atoms with Crippen molar-refractivity contribution in [1.29, 1.82) is 0 Å². The third kappa shape index (κ3) is 2.54. The molecular formula is C15H18N2O3. The van der Waals surface area contributed by atoms with Gasteiger partial charge >= 0.3 is 5.97 Å². The molecule has 3 rings (SSSR count). The predicted molar refractivity (Wildman–Crippen MR) is 73.3 cm³/mol. The molecule has 0 spiro atoms. The molecule has 20 heavy (non-hydrogen) atoms. The van der Waals surface area contributed by atoms with Gasteiger partial charge in [0.2, 0.25) is 5.91 Å². The number of carboxylic acid groups (broad SMARTS) is 1. The van der Waals surface area contributed by atoms with Crippen molar-refractivity contribution in [3.8, 4) is 0 Å². The van der Waals surface area contributed by atoms with Gasteiger partial charge in [0, 0.05) is 25.6 Å². The fourth-order valence-corrected chi connectivity index (χ4v) is 2.97. The van der Waals surface area contributed by atoms with Crippen molar-refractivity contribution in [2.75, 3.05) is 6.54 Å². The van der Waals surface area contributed by atoms with Crippen molar-refractivity contribution in [3.05, 3.63) is 34.9 Å². The largest absolute Gasteiger partial charge is 0.478 e. The Morgan fingerprint density at radius 3 is 2.80 bits per heavy atom. The molecule has 106 valence electrons. The Kier molecular flexibility index (Phi) is 3.44. The molecule has 0 bridgehead atoms. The number of amides is 1. The number of rotatable bonds is 3. The van der Waals surface area contributed by atoms with E-state index >= 15 is 0 Å². The van der Waals surface area contributed by atoms with Gasteiger partial charge in [-0.1, -0.05) is 6.07 Å².